The highest BCUT2D eigenvalue weighted by Crippen LogP contribution is 2.34. The summed E-state index contributed by atoms with van der Waals surface area (Å²) in [6.07, 6.45) is 0. The molecular formula is C16H22FN3S. The van der Waals surface area contributed by atoms with E-state index in [2.05, 4.69) is 31.0 Å². The first kappa shape index (κ1) is 15.9. The summed E-state index contributed by atoms with van der Waals surface area (Å²) in [6, 6.07) is 6.67. The average Bonchev–Trinajstić information content (AvgIpc) is 2.84. The van der Waals surface area contributed by atoms with Crippen molar-refractivity contribution < 1.29 is 4.39 Å². The number of aromatic nitrogens is 1. The molecule has 0 amide bonds. The summed E-state index contributed by atoms with van der Waals surface area (Å²) < 4.78 is 13.5. The number of thiazole rings is 1. The van der Waals surface area contributed by atoms with Crippen molar-refractivity contribution in [3.05, 3.63) is 40.7 Å². The van der Waals surface area contributed by atoms with Crippen LogP contribution in [0.15, 0.2) is 24.3 Å². The molecule has 1 aromatic heterocycles. The molecule has 1 N–H and O–H groups in total. The van der Waals surface area contributed by atoms with Gasteiger partial charge in [-0.05, 0) is 38.1 Å². The van der Waals surface area contributed by atoms with Crippen LogP contribution in [-0.2, 0) is 6.54 Å². The summed E-state index contributed by atoms with van der Waals surface area (Å²) in [5, 5.41) is 4.12. The molecule has 1 aromatic carbocycles. The van der Waals surface area contributed by atoms with E-state index in [4.69, 9.17) is 4.98 Å². The number of rotatable bonds is 6. The van der Waals surface area contributed by atoms with Crippen molar-refractivity contribution in [2.24, 2.45) is 0 Å². The molecule has 0 aliphatic heterocycles. The summed E-state index contributed by atoms with van der Waals surface area (Å²) in [4.78, 5) is 8.09. The lowest BCUT2D eigenvalue weighted by Crippen LogP contribution is -2.16. The molecule has 3 nitrogen and oxygen atoms in total. The Morgan fingerprint density at radius 1 is 1.38 bits per heavy atom. The van der Waals surface area contributed by atoms with Gasteiger partial charge in [0.1, 0.15) is 5.82 Å². The summed E-state index contributed by atoms with van der Waals surface area (Å²) in [5.74, 6) is 0.159. The maximum Gasteiger partial charge on any atom is 0.190 e. The number of halogens is 1. The van der Waals surface area contributed by atoms with Crippen LogP contribution in [0.1, 0.15) is 37.3 Å². The monoisotopic (exact) mass is 307 g/mol. The van der Waals surface area contributed by atoms with Crippen LogP contribution in [0.3, 0.4) is 0 Å². The fraction of sp³-hybridized carbons (Fsp3) is 0.438. The Labute approximate surface area is 129 Å². The molecule has 0 saturated carbocycles. The molecule has 0 saturated heterocycles. The lowest BCUT2D eigenvalue weighted by atomic mass is 10.1. The van der Waals surface area contributed by atoms with Gasteiger partial charge in [-0.2, -0.15) is 0 Å². The van der Waals surface area contributed by atoms with Gasteiger partial charge in [-0.15, -0.1) is 0 Å². The van der Waals surface area contributed by atoms with Crippen molar-refractivity contribution in [2.75, 3.05) is 18.5 Å². The van der Waals surface area contributed by atoms with Crippen LogP contribution in [0, 0.1) is 5.82 Å². The minimum atomic E-state index is -0.220. The molecule has 0 spiro atoms. The average molecular weight is 307 g/mol. The van der Waals surface area contributed by atoms with E-state index in [1.165, 1.54) is 10.9 Å². The third-order valence-electron chi connectivity index (χ3n) is 3.27. The largest absolute Gasteiger partial charge is 0.318 e. The predicted octanol–water partition coefficient (Wildman–Crippen LogP) is 4.28. The zero-order valence-electron chi connectivity index (χ0n) is 13.0. The first-order chi connectivity index (χ1) is 10.1. The van der Waals surface area contributed by atoms with Crippen LogP contribution in [0.5, 0.6) is 0 Å². The van der Waals surface area contributed by atoms with Crippen LogP contribution in [0.4, 0.5) is 15.2 Å². The van der Waals surface area contributed by atoms with Crippen LogP contribution >= 0.6 is 11.3 Å². The van der Waals surface area contributed by atoms with Crippen LogP contribution in [0.2, 0.25) is 0 Å². The van der Waals surface area contributed by atoms with E-state index >= 15 is 0 Å². The smallest absolute Gasteiger partial charge is 0.190 e. The van der Waals surface area contributed by atoms with E-state index in [0.29, 0.717) is 5.92 Å². The van der Waals surface area contributed by atoms with Gasteiger partial charge in [0.25, 0.3) is 0 Å². The Morgan fingerprint density at radius 2 is 2.14 bits per heavy atom. The molecule has 5 heteroatoms. The molecule has 0 unspecified atom stereocenters. The van der Waals surface area contributed by atoms with Gasteiger partial charge in [0.05, 0.1) is 5.69 Å². The van der Waals surface area contributed by atoms with E-state index in [1.807, 2.05) is 13.1 Å². The maximum atomic E-state index is 13.5. The number of anilines is 2. The van der Waals surface area contributed by atoms with Crippen molar-refractivity contribution in [3.63, 3.8) is 0 Å². The minimum absolute atomic E-state index is 0.220. The predicted molar refractivity (Wildman–Crippen MR) is 88.0 cm³/mol. The van der Waals surface area contributed by atoms with Gasteiger partial charge in [-0.25, -0.2) is 9.37 Å². The van der Waals surface area contributed by atoms with Crippen molar-refractivity contribution in [2.45, 2.75) is 33.2 Å². The Hall–Kier alpha value is -1.46. The molecular weight excluding hydrogens is 285 g/mol. The lowest BCUT2D eigenvalue weighted by Gasteiger charge is -2.19. The number of hydrogen-bond donors (Lipinski definition) is 1. The molecule has 0 bridgehead atoms. The van der Waals surface area contributed by atoms with Crippen molar-refractivity contribution >= 4 is 22.2 Å². The summed E-state index contributed by atoms with van der Waals surface area (Å²) in [7, 11) is 1.94. The molecule has 114 valence electrons. The quantitative estimate of drug-likeness (QED) is 0.863. The normalized spacial score (nSPS) is 11.1. The second-order valence-electron chi connectivity index (χ2n) is 5.21. The zero-order valence-corrected chi connectivity index (χ0v) is 13.8. The highest BCUT2D eigenvalue weighted by Gasteiger charge is 2.18. The van der Waals surface area contributed by atoms with E-state index < -0.39 is 0 Å². The van der Waals surface area contributed by atoms with Crippen LogP contribution in [0.25, 0.3) is 0 Å². The van der Waals surface area contributed by atoms with Gasteiger partial charge in [0.15, 0.2) is 5.13 Å². The summed E-state index contributed by atoms with van der Waals surface area (Å²) in [6.45, 7) is 7.92. The van der Waals surface area contributed by atoms with E-state index in [9.17, 15) is 4.39 Å². The SMILES string of the molecule is CCN(c1cccc(F)c1)c1nc(C(C)C)c(CNC)s1. The topological polar surface area (TPSA) is 28.2 Å². The van der Waals surface area contributed by atoms with Gasteiger partial charge < -0.3 is 10.2 Å². The molecule has 1 heterocycles. The second kappa shape index (κ2) is 7.00. The Kier molecular flexibility index (Phi) is 5.31. The first-order valence-electron chi connectivity index (χ1n) is 7.24. The van der Waals surface area contributed by atoms with Gasteiger partial charge in [0.2, 0.25) is 0 Å². The van der Waals surface area contributed by atoms with Gasteiger partial charge in [-0.3, -0.25) is 0 Å². The summed E-state index contributed by atoms with van der Waals surface area (Å²) in [5.41, 5.74) is 1.97. The second-order valence-corrected chi connectivity index (χ2v) is 6.28. The highest BCUT2D eigenvalue weighted by atomic mass is 32.1. The van der Waals surface area contributed by atoms with E-state index in [-0.39, 0.29) is 5.82 Å². The third-order valence-corrected chi connectivity index (χ3v) is 4.36. The zero-order chi connectivity index (χ0) is 15.4. The number of nitrogens with one attached hydrogen (secondary N) is 1. The Bertz CT molecular complexity index is 595. The van der Waals surface area contributed by atoms with Crippen molar-refractivity contribution in [3.8, 4) is 0 Å². The Morgan fingerprint density at radius 3 is 2.71 bits per heavy atom. The standard InChI is InChI=1S/C16H22FN3S/c1-5-20(13-8-6-7-12(17)9-13)16-19-15(11(2)3)14(21-16)10-18-4/h6-9,11,18H,5,10H2,1-4H3. The van der Waals surface area contributed by atoms with Gasteiger partial charge >= 0.3 is 0 Å². The Balaban J connectivity index is 2.40. The first-order valence-corrected chi connectivity index (χ1v) is 8.05. The lowest BCUT2D eigenvalue weighted by molar-refractivity contribution is 0.627. The maximum absolute atomic E-state index is 13.5. The van der Waals surface area contributed by atoms with Gasteiger partial charge in [-0.1, -0.05) is 31.3 Å². The number of nitrogens with zero attached hydrogens (tertiary/aromatic N) is 2. The van der Waals surface area contributed by atoms with E-state index in [0.717, 1.165) is 29.6 Å². The minimum Gasteiger partial charge on any atom is -0.318 e. The number of hydrogen-bond acceptors (Lipinski definition) is 4. The molecule has 21 heavy (non-hydrogen) atoms. The van der Waals surface area contributed by atoms with Crippen LogP contribution < -0.4 is 10.2 Å². The van der Waals surface area contributed by atoms with Crippen LogP contribution in [-0.4, -0.2) is 18.6 Å². The number of benzene rings is 1. The van der Waals surface area contributed by atoms with Crippen molar-refractivity contribution in [1.82, 2.24) is 10.3 Å². The molecule has 2 aromatic rings. The molecule has 0 fully saturated rings. The molecule has 2 rings (SSSR count). The fourth-order valence-electron chi connectivity index (χ4n) is 2.28. The highest BCUT2D eigenvalue weighted by molar-refractivity contribution is 7.15. The molecule has 0 atom stereocenters. The molecule has 0 aliphatic rings. The summed E-state index contributed by atoms with van der Waals surface area (Å²) >= 11 is 1.68. The van der Waals surface area contributed by atoms with Crippen molar-refractivity contribution in [1.29, 1.82) is 0 Å². The molecule has 0 aliphatic carbocycles. The fourth-order valence-corrected chi connectivity index (χ4v) is 3.59. The molecule has 0 radical (unpaired) electrons. The third kappa shape index (κ3) is 3.60. The van der Waals surface area contributed by atoms with Gasteiger partial charge in [0, 0.05) is 23.7 Å². The van der Waals surface area contributed by atoms with E-state index in [1.54, 1.807) is 23.5 Å².